The summed E-state index contributed by atoms with van der Waals surface area (Å²) in [5, 5.41) is 0. The lowest BCUT2D eigenvalue weighted by Gasteiger charge is -2.31. The highest BCUT2D eigenvalue weighted by atomic mass is 15.4. The Labute approximate surface area is 112 Å². The molecular formula is C16H29N2+. The third-order valence-electron chi connectivity index (χ3n) is 7.13. The summed E-state index contributed by atoms with van der Waals surface area (Å²) in [7, 11) is 4.92. The monoisotopic (exact) mass is 249 g/mol. The third-order valence-corrected chi connectivity index (χ3v) is 7.13. The largest absolute Gasteiger partial charge is 0.323 e. The number of quaternary nitrogens is 1. The molecule has 102 valence electrons. The molecule has 1 unspecified atom stereocenters. The van der Waals surface area contributed by atoms with Gasteiger partial charge in [0.1, 0.15) is 0 Å². The Balaban J connectivity index is 1.43. The first-order valence-electron chi connectivity index (χ1n) is 8.07. The molecule has 2 aliphatic heterocycles. The maximum atomic E-state index is 2.84. The maximum absolute atomic E-state index is 2.84. The van der Waals surface area contributed by atoms with Crippen LogP contribution < -0.4 is 0 Å². The Kier molecular flexibility index (Phi) is 2.29. The van der Waals surface area contributed by atoms with Crippen molar-refractivity contribution in [2.24, 2.45) is 17.3 Å². The van der Waals surface area contributed by atoms with Gasteiger partial charge in [-0.15, -0.1) is 0 Å². The van der Waals surface area contributed by atoms with Crippen molar-refractivity contribution in [2.75, 3.05) is 33.7 Å². The van der Waals surface area contributed by atoms with Gasteiger partial charge in [-0.2, -0.15) is 0 Å². The van der Waals surface area contributed by atoms with Crippen LogP contribution in [0, 0.1) is 17.3 Å². The zero-order valence-electron chi connectivity index (χ0n) is 12.4. The average Bonchev–Trinajstić information content (AvgIpc) is 2.57. The molecule has 2 saturated carbocycles. The van der Waals surface area contributed by atoms with Crippen LogP contribution in [-0.4, -0.2) is 55.2 Å². The molecule has 0 spiro atoms. The lowest BCUT2D eigenvalue weighted by molar-refractivity contribution is -0.915. The smallest absolute Gasteiger partial charge is 0.0970 e. The molecule has 4 rings (SSSR count). The predicted octanol–water partition coefficient (Wildman–Crippen LogP) is 2.35. The number of piperidine rings is 1. The lowest BCUT2D eigenvalue weighted by atomic mass is 9.99. The quantitative estimate of drug-likeness (QED) is 0.679. The minimum absolute atomic E-state index is 0.724. The Morgan fingerprint density at radius 2 is 1.78 bits per heavy atom. The summed E-state index contributed by atoms with van der Waals surface area (Å²) in [6.45, 7) is 6.76. The van der Waals surface area contributed by atoms with E-state index in [1.807, 2.05) is 0 Å². The zero-order valence-corrected chi connectivity index (χ0v) is 12.4. The molecule has 2 heteroatoms. The standard InChI is InChI=1S/C16H29N2/c1-12-7-16(8-15(16)18(12,2)3)11-17-9-13-5-4-6-14(13)10-17/h12-15H,4-11H2,1-3H3/q+1/t12?,13-,14+,15-,16+/m1/s1. The second-order valence-corrected chi connectivity index (χ2v) is 8.41. The number of fused-ring (bicyclic) bond motifs is 2. The van der Waals surface area contributed by atoms with Gasteiger partial charge in [-0.25, -0.2) is 0 Å². The van der Waals surface area contributed by atoms with E-state index in [-0.39, 0.29) is 0 Å². The van der Waals surface area contributed by atoms with Gasteiger partial charge in [-0.1, -0.05) is 6.42 Å². The summed E-state index contributed by atoms with van der Waals surface area (Å²) in [6.07, 6.45) is 7.55. The molecule has 4 aliphatic rings. The van der Waals surface area contributed by atoms with Crippen LogP contribution in [0.3, 0.4) is 0 Å². The van der Waals surface area contributed by atoms with E-state index in [4.69, 9.17) is 0 Å². The van der Waals surface area contributed by atoms with Crippen molar-refractivity contribution >= 4 is 0 Å². The van der Waals surface area contributed by atoms with Crippen LogP contribution in [0.25, 0.3) is 0 Å². The second kappa shape index (κ2) is 3.52. The number of rotatable bonds is 2. The number of likely N-dealkylation sites (tertiary alicyclic amines) is 2. The minimum atomic E-state index is 0.724. The van der Waals surface area contributed by atoms with Gasteiger partial charge in [-0.05, 0) is 31.6 Å². The zero-order chi connectivity index (χ0) is 12.5. The first-order valence-corrected chi connectivity index (χ1v) is 8.07. The van der Waals surface area contributed by atoms with E-state index in [1.165, 1.54) is 56.2 Å². The summed E-state index contributed by atoms with van der Waals surface area (Å²) in [5.41, 5.74) is 0.724. The number of hydrogen-bond donors (Lipinski definition) is 0. The fourth-order valence-corrected chi connectivity index (χ4v) is 5.76. The van der Waals surface area contributed by atoms with Crippen molar-refractivity contribution in [1.29, 1.82) is 0 Å². The maximum Gasteiger partial charge on any atom is 0.0970 e. The Morgan fingerprint density at radius 3 is 2.33 bits per heavy atom. The number of hydrogen-bond acceptors (Lipinski definition) is 1. The highest BCUT2D eigenvalue weighted by Gasteiger charge is 2.70. The summed E-state index contributed by atoms with van der Waals surface area (Å²) in [5.74, 6) is 2.14. The topological polar surface area (TPSA) is 3.24 Å². The van der Waals surface area contributed by atoms with Crippen molar-refractivity contribution < 1.29 is 4.48 Å². The van der Waals surface area contributed by atoms with Gasteiger partial charge < -0.3 is 9.38 Å². The van der Waals surface area contributed by atoms with Gasteiger partial charge in [0.15, 0.2) is 0 Å². The molecule has 5 atom stereocenters. The molecular weight excluding hydrogens is 220 g/mol. The first-order chi connectivity index (χ1) is 8.51. The number of nitrogens with zero attached hydrogens (tertiary/aromatic N) is 2. The predicted molar refractivity (Wildman–Crippen MR) is 74.3 cm³/mol. The van der Waals surface area contributed by atoms with E-state index in [9.17, 15) is 0 Å². The summed E-state index contributed by atoms with van der Waals surface area (Å²) >= 11 is 0. The van der Waals surface area contributed by atoms with Gasteiger partial charge in [-0.3, -0.25) is 0 Å². The van der Waals surface area contributed by atoms with E-state index >= 15 is 0 Å². The van der Waals surface area contributed by atoms with Crippen molar-refractivity contribution in [2.45, 2.75) is 51.1 Å². The Hall–Kier alpha value is -0.0800. The molecule has 2 heterocycles. The Morgan fingerprint density at radius 1 is 1.11 bits per heavy atom. The van der Waals surface area contributed by atoms with Gasteiger partial charge in [0, 0.05) is 37.9 Å². The van der Waals surface area contributed by atoms with E-state index in [0.717, 1.165) is 29.3 Å². The average molecular weight is 249 g/mol. The summed E-state index contributed by atoms with van der Waals surface area (Å²) in [4.78, 5) is 2.84. The van der Waals surface area contributed by atoms with Gasteiger partial charge in [0.05, 0.1) is 26.2 Å². The van der Waals surface area contributed by atoms with E-state index in [2.05, 4.69) is 25.9 Å². The van der Waals surface area contributed by atoms with Gasteiger partial charge in [0.25, 0.3) is 0 Å². The third kappa shape index (κ3) is 1.48. The van der Waals surface area contributed by atoms with Crippen LogP contribution in [0.4, 0.5) is 0 Å². The molecule has 0 amide bonds. The summed E-state index contributed by atoms with van der Waals surface area (Å²) < 4.78 is 1.29. The fraction of sp³-hybridized carbons (Fsp3) is 1.00. The molecule has 2 nitrogen and oxygen atoms in total. The van der Waals surface area contributed by atoms with Crippen LogP contribution >= 0.6 is 0 Å². The first kappa shape index (κ1) is 11.7. The van der Waals surface area contributed by atoms with E-state index < -0.39 is 0 Å². The molecule has 0 N–H and O–H groups in total. The van der Waals surface area contributed by atoms with Crippen molar-refractivity contribution in [3.63, 3.8) is 0 Å². The van der Waals surface area contributed by atoms with Crippen molar-refractivity contribution in [1.82, 2.24) is 4.90 Å². The Bertz CT molecular complexity index is 352. The summed E-state index contributed by atoms with van der Waals surface area (Å²) in [6, 6.07) is 1.86. The fourth-order valence-electron chi connectivity index (χ4n) is 5.76. The van der Waals surface area contributed by atoms with E-state index in [1.54, 1.807) is 0 Å². The lowest BCUT2D eigenvalue weighted by Crippen LogP contribution is -2.45. The highest BCUT2D eigenvalue weighted by molar-refractivity contribution is 5.11. The molecule has 0 bridgehead atoms. The molecule has 2 saturated heterocycles. The SMILES string of the molecule is CC1C[C@@]2(CN3C[C@H]4CCC[C@H]4C3)C[C@H]2[N+]1(C)C. The van der Waals surface area contributed by atoms with Gasteiger partial charge in [0.2, 0.25) is 0 Å². The van der Waals surface area contributed by atoms with Crippen LogP contribution in [0.1, 0.15) is 39.0 Å². The minimum Gasteiger partial charge on any atom is -0.323 e. The molecule has 0 radical (unpaired) electrons. The van der Waals surface area contributed by atoms with Crippen LogP contribution in [0.5, 0.6) is 0 Å². The molecule has 0 aromatic carbocycles. The normalized spacial score (nSPS) is 53.5. The molecule has 18 heavy (non-hydrogen) atoms. The molecule has 0 aromatic rings. The van der Waals surface area contributed by atoms with Crippen LogP contribution in [-0.2, 0) is 0 Å². The van der Waals surface area contributed by atoms with Crippen molar-refractivity contribution in [3.05, 3.63) is 0 Å². The van der Waals surface area contributed by atoms with Crippen molar-refractivity contribution in [3.8, 4) is 0 Å². The van der Waals surface area contributed by atoms with Gasteiger partial charge >= 0.3 is 0 Å². The molecule has 0 aromatic heterocycles. The molecule has 2 aliphatic carbocycles. The second-order valence-electron chi connectivity index (χ2n) is 8.41. The van der Waals surface area contributed by atoms with Crippen LogP contribution in [0.2, 0.25) is 0 Å². The highest BCUT2D eigenvalue weighted by Crippen LogP contribution is 2.62. The molecule has 4 fully saturated rings. The van der Waals surface area contributed by atoms with E-state index in [0.29, 0.717) is 0 Å². The van der Waals surface area contributed by atoms with Crippen LogP contribution in [0.15, 0.2) is 0 Å².